The number of H-pyrrole nitrogens is 1. The minimum absolute atomic E-state index is 0.134. The van der Waals surface area contributed by atoms with Crippen molar-refractivity contribution in [1.29, 1.82) is 5.26 Å². The largest absolute Gasteiger partial charge is 0.490 e. The highest BCUT2D eigenvalue weighted by Gasteiger charge is 2.22. The summed E-state index contributed by atoms with van der Waals surface area (Å²) in [4.78, 5) is 34.4. The number of nitrogens with zero attached hydrogens (tertiary/aromatic N) is 6. The molecule has 3 rings (SSSR count). The highest BCUT2D eigenvalue weighted by Crippen LogP contribution is 2.14. The van der Waals surface area contributed by atoms with E-state index in [1.165, 1.54) is 6.20 Å². The highest BCUT2D eigenvalue weighted by atomic mass is 16.5. The van der Waals surface area contributed by atoms with E-state index in [0.29, 0.717) is 56.1 Å². The van der Waals surface area contributed by atoms with Crippen molar-refractivity contribution in [3.63, 3.8) is 0 Å². The van der Waals surface area contributed by atoms with Crippen LogP contribution in [0, 0.1) is 18.3 Å². The Kier molecular flexibility index (Phi) is 7.56. The number of hydrogen-bond donors (Lipinski definition) is 1. The summed E-state index contributed by atoms with van der Waals surface area (Å²) in [7, 11) is 1.94. The number of nitriles is 1. The second kappa shape index (κ2) is 10.5. The Hall–Kier alpha value is -3.45. The van der Waals surface area contributed by atoms with E-state index < -0.39 is 0 Å². The minimum Gasteiger partial charge on any atom is -0.490 e. The van der Waals surface area contributed by atoms with Crippen LogP contribution in [0.5, 0.6) is 5.75 Å². The van der Waals surface area contributed by atoms with Crippen LogP contribution in [0.4, 0.5) is 5.82 Å². The fourth-order valence-electron chi connectivity index (χ4n) is 3.28. The Morgan fingerprint density at radius 3 is 2.71 bits per heavy atom. The van der Waals surface area contributed by atoms with E-state index in [1.807, 2.05) is 22.9 Å². The van der Waals surface area contributed by atoms with Crippen LogP contribution in [0.25, 0.3) is 0 Å². The van der Waals surface area contributed by atoms with Crippen molar-refractivity contribution >= 4 is 11.7 Å². The predicted octanol–water partition coefficient (Wildman–Crippen LogP) is 0.395. The van der Waals surface area contributed by atoms with Crippen molar-refractivity contribution < 1.29 is 9.53 Å². The first kappa shape index (κ1) is 22.2. The Labute approximate surface area is 181 Å². The summed E-state index contributed by atoms with van der Waals surface area (Å²) in [6, 6.07) is 5.67. The van der Waals surface area contributed by atoms with E-state index in [2.05, 4.69) is 26.2 Å². The monoisotopic (exact) mass is 425 g/mol. The van der Waals surface area contributed by atoms with Crippen LogP contribution < -0.4 is 15.2 Å². The molecule has 1 N–H and O–H groups in total. The summed E-state index contributed by atoms with van der Waals surface area (Å²) in [6.07, 6.45) is 3.50. The number of hydrogen-bond acceptors (Lipinski definition) is 8. The third-order valence-corrected chi connectivity index (χ3v) is 5.33. The summed E-state index contributed by atoms with van der Waals surface area (Å²) in [6.45, 7) is 6.12. The van der Waals surface area contributed by atoms with E-state index in [4.69, 9.17) is 10.00 Å². The van der Waals surface area contributed by atoms with Crippen molar-refractivity contribution in [3.05, 3.63) is 46.0 Å². The summed E-state index contributed by atoms with van der Waals surface area (Å²) in [5.74, 6) is 1.44. The number of anilines is 1. The third-order valence-electron chi connectivity index (χ3n) is 5.33. The molecular weight excluding hydrogens is 398 g/mol. The standard InChI is InChI=1S/C21H27N7O3/c1-16-18(15-24-25-21(16)30)31-12-11-26(2)6-5-20(29)28-9-7-27(8-10-28)19-4-3-17(13-22)14-23-19/h3-4,14-15H,5-12H2,1-2H3,(H,25,30). The molecule has 10 heteroatoms. The van der Waals surface area contributed by atoms with E-state index >= 15 is 0 Å². The number of aromatic nitrogens is 3. The molecule has 0 aliphatic carbocycles. The van der Waals surface area contributed by atoms with Crippen molar-refractivity contribution in [2.45, 2.75) is 13.3 Å². The fraction of sp³-hybridized carbons (Fsp3) is 0.476. The lowest BCUT2D eigenvalue weighted by atomic mass is 10.2. The summed E-state index contributed by atoms with van der Waals surface area (Å²) < 4.78 is 5.63. The minimum atomic E-state index is -0.258. The quantitative estimate of drug-likeness (QED) is 0.645. The van der Waals surface area contributed by atoms with Gasteiger partial charge in [0.2, 0.25) is 5.91 Å². The molecular formula is C21H27N7O3. The smallest absolute Gasteiger partial charge is 0.270 e. The van der Waals surface area contributed by atoms with E-state index in [1.54, 1.807) is 19.2 Å². The topological polar surface area (TPSA) is 118 Å². The molecule has 0 bridgehead atoms. The van der Waals surface area contributed by atoms with E-state index in [0.717, 1.165) is 18.9 Å². The number of nitrogens with one attached hydrogen (secondary N) is 1. The third kappa shape index (κ3) is 6.02. The van der Waals surface area contributed by atoms with Crippen molar-refractivity contribution in [1.82, 2.24) is 25.0 Å². The molecule has 0 aromatic carbocycles. The summed E-state index contributed by atoms with van der Waals surface area (Å²) in [5.41, 5.74) is 0.783. The van der Waals surface area contributed by atoms with Gasteiger partial charge in [0.15, 0.2) is 0 Å². The average molecular weight is 425 g/mol. The number of likely N-dealkylation sites (N-methyl/N-ethyl adjacent to an activating group) is 1. The van der Waals surface area contributed by atoms with Gasteiger partial charge >= 0.3 is 0 Å². The van der Waals surface area contributed by atoms with Gasteiger partial charge in [0.1, 0.15) is 24.2 Å². The first-order valence-corrected chi connectivity index (χ1v) is 10.2. The molecule has 0 unspecified atom stereocenters. The SMILES string of the molecule is Cc1c(OCCN(C)CCC(=O)N2CCN(c3ccc(C#N)cn3)CC2)cn[nH]c1=O. The molecule has 164 valence electrons. The van der Waals surface area contributed by atoms with Gasteiger partial charge in [-0.25, -0.2) is 10.1 Å². The maximum Gasteiger partial charge on any atom is 0.270 e. The number of carbonyl (C=O) groups excluding carboxylic acids is 1. The van der Waals surface area contributed by atoms with Gasteiger partial charge < -0.3 is 19.4 Å². The predicted molar refractivity (Wildman–Crippen MR) is 115 cm³/mol. The Bertz CT molecular complexity index is 976. The number of rotatable bonds is 8. The summed E-state index contributed by atoms with van der Waals surface area (Å²) in [5, 5.41) is 15.0. The maximum atomic E-state index is 12.6. The van der Waals surface area contributed by atoms with Crippen LogP contribution in [0.3, 0.4) is 0 Å². The Balaban J connectivity index is 1.36. The fourth-order valence-corrected chi connectivity index (χ4v) is 3.28. The van der Waals surface area contributed by atoms with Gasteiger partial charge in [-0.1, -0.05) is 0 Å². The number of pyridine rings is 1. The highest BCUT2D eigenvalue weighted by molar-refractivity contribution is 5.76. The van der Waals surface area contributed by atoms with Gasteiger partial charge in [-0.3, -0.25) is 9.59 Å². The van der Waals surface area contributed by atoms with E-state index in [-0.39, 0.29) is 11.5 Å². The van der Waals surface area contributed by atoms with Crippen LogP contribution in [-0.4, -0.2) is 83.8 Å². The first-order valence-electron chi connectivity index (χ1n) is 10.2. The molecule has 1 fully saturated rings. The number of aromatic amines is 1. The second-order valence-electron chi connectivity index (χ2n) is 7.47. The Morgan fingerprint density at radius 1 is 1.26 bits per heavy atom. The lowest BCUT2D eigenvalue weighted by molar-refractivity contribution is -0.131. The lowest BCUT2D eigenvalue weighted by Crippen LogP contribution is -2.49. The van der Waals surface area contributed by atoms with Crippen LogP contribution in [-0.2, 0) is 4.79 Å². The number of amides is 1. The molecule has 0 spiro atoms. The second-order valence-corrected chi connectivity index (χ2v) is 7.47. The van der Waals surface area contributed by atoms with Crippen molar-refractivity contribution in [3.8, 4) is 11.8 Å². The molecule has 2 aromatic heterocycles. The normalized spacial score (nSPS) is 13.9. The van der Waals surface area contributed by atoms with Crippen LogP contribution in [0.2, 0.25) is 0 Å². The molecule has 31 heavy (non-hydrogen) atoms. The zero-order valence-corrected chi connectivity index (χ0v) is 17.9. The van der Waals surface area contributed by atoms with Crippen molar-refractivity contribution in [2.24, 2.45) is 0 Å². The number of ether oxygens (including phenoxy) is 1. The molecule has 1 saturated heterocycles. The van der Waals surface area contributed by atoms with E-state index in [9.17, 15) is 9.59 Å². The van der Waals surface area contributed by atoms with Gasteiger partial charge in [-0.15, -0.1) is 0 Å². The molecule has 10 nitrogen and oxygen atoms in total. The maximum absolute atomic E-state index is 12.6. The molecule has 0 radical (unpaired) electrons. The first-order chi connectivity index (χ1) is 15.0. The van der Waals surface area contributed by atoms with Gasteiger partial charge in [0.25, 0.3) is 5.56 Å². The molecule has 1 aliphatic heterocycles. The van der Waals surface area contributed by atoms with Crippen molar-refractivity contribution in [2.75, 3.05) is 57.8 Å². The van der Waals surface area contributed by atoms with Gasteiger partial charge in [0.05, 0.1) is 17.3 Å². The number of carbonyl (C=O) groups is 1. The lowest BCUT2D eigenvalue weighted by Gasteiger charge is -2.35. The molecule has 1 amide bonds. The molecule has 0 saturated carbocycles. The number of piperazine rings is 1. The van der Waals surface area contributed by atoms with Gasteiger partial charge in [-0.05, 0) is 26.1 Å². The van der Waals surface area contributed by atoms with Crippen LogP contribution >= 0.6 is 0 Å². The Morgan fingerprint density at radius 2 is 2.03 bits per heavy atom. The van der Waals surface area contributed by atoms with Crippen LogP contribution in [0.15, 0.2) is 29.3 Å². The molecule has 2 aromatic rings. The van der Waals surface area contributed by atoms with Crippen LogP contribution in [0.1, 0.15) is 17.5 Å². The zero-order chi connectivity index (χ0) is 22.2. The zero-order valence-electron chi connectivity index (χ0n) is 17.9. The molecule has 1 aliphatic rings. The average Bonchev–Trinajstić information content (AvgIpc) is 2.80. The molecule has 0 atom stereocenters. The molecule has 3 heterocycles. The van der Waals surface area contributed by atoms with Gasteiger partial charge in [0, 0.05) is 51.9 Å². The summed E-state index contributed by atoms with van der Waals surface area (Å²) >= 11 is 0. The van der Waals surface area contributed by atoms with Gasteiger partial charge in [-0.2, -0.15) is 10.4 Å².